The van der Waals surface area contributed by atoms with Crippen LogP contribution in [0.5, 0.6) is 0 Å². The van der Waals surface area contributed by atoms with Crippen LogP contribution in [0.15, 0.2) is 30.3 Å². The third-order valence-corrected chi connectivity index (χ3v) is 4.51. The molecule has 1 aromatic carbocycles. The monoisotopic (exact) mass is 342 g/mol. The average molecular weight is 342 g/mol. The number of aromatic nitrogens is 3. The number of rotatable bonds is 3. The number of carbonyl (C=O) groups is 1. The van der Waals surface area contributed by atoms with Crippen molar-refractivity contribution in [3.05, 3.63) is 58.1 Å². The molecule has 0 fully saturated rings. The fourth-order valence-corrected chi connectivity index (χ4v) is 3.23. The zero-order valence-corrected chi connectivity index (χ0v) is 14.2. The summed E-state index contributed by atoms with van der Waals surface area (Å²) in [7, 11) is 0. The molecular weight excluding hydrogens is 327 g/mol. The summed E-state index contributed by atoms with van der Waals surface area (Å²) in [6.07, 6.45) is 0. The number of nitrogens with one attached hydrogen (secondary N) is 1. The maximum Gasteiger partial charge on any atom is 0.270 e. The number of benzene rings is 1. The third kappa shape index (κ3) is 3.46. The fraction of sp³-hybridized carbons (Fsp3) is 0.176. The Kier molecular flexibility index (Phi) is 4.35. The van der Waals surface area contributed by atoms with Crippen molar-refractivity contribution in [3.8, 4) is 10.6 Å². The summed E-state index contributed by atoms with van der Waals surface area (Å²) in [5.74, 6) is -0.339. The standard InChI is InChI=1S/C17H15FN4OS/c1-9-8-10(2)20-17(19-9)22-15(23)14-11(3)21-16(24-14)12-4-6-13(18)7-5-12/h4-8H,1-3H3,(H,19,20,22,23). The molecule has 1 amide bonds. The fourth-order valence-electron chi connectivity index (χ4n) is 2.26. The molecule has 0 unspecified atom stereocenters. The Morgan fingerprint density at radius 3 is 2.29 bits per heavy atom. The first-order valence-corrected chi connectivity index (χ1v) is 8.11. The number of halogens is 1. The van der Waals surface area contributed by atoms with Crippen LogP contribution in [0.3, 0.4) is 0 Å². The molecule has 7 heteroatoms. The number of nitrogens with zero attached hydrogens (tertiary/aromatic N) is 3. The number of carbonyl (C=O) groups excluding carboxylic acids is 1. The van der Waals surface area contributed by atoms with E-state index < -0.39 is 0 Å². The lowest BCUT2D eigenvalue weighted by Crippen LogP contribution is -2.14. The van der Waals surface area contributed by atoms with Crippen LogP contribution in [-0.4, -0.2) is 20.9 Å². The summed E-state index contributed by atoms with van der Waals surface area (Å²) in [5, 5.41) is 3.37. The van der Waals surface area contributed by atoms with Crippen LogP contribution in [-0.2, 0) is 0 Å². The van der Waals surface area contributed by atoms with Crippen molar-refractivity contribution in [3.63, 3.8) is 0 Å². The average Bonchev–Trinajstić information content (AvgIpc) is 2.89. The van der Waals surface area contributed by atoms with Gasteiger partial charge in [-0.25, -0.2) is 19.3 Å². The van der Waals surface area contributed by atoms with Crippen LogP contribution < -0.4 is 5.32 Å². The molecule has 122 valence electrons. The lowest BCUT2D eigenvalue weighted by Gasteiger charge is -2.04. The van der Waals surface area contributed by atoms with E-state index in [0.29, 0.717) is 15.6 Å². The first-order valence-electron chi connectivity index (χ1n) is 7.29. The van der Waals surface area contributed by atoms with E-state index >= 15 is 0 Å². The summed E-state index contributed by atoms with van der Waals surface area (Å²) in [4.78, 5) is 25.8. The maximum atomic E-state index is 13.0. The molecule has 0 spiro atoms. The van der Waals surface area contributed by atoms with Crippen LogP contribution in [0.25, 0.3) is 10.6 Å². The Balaban J connectivity index is 1.86. The van der Waals surface area contributed by atoms with Gasteiger partial charge in [0, 0.05) is 17.0 Å². The number of hydrogen-bond donors (Lipinski definition) is 1. The first kappa shape index (κ1) is 16.2. The van der Waals surface area contributed by atoms with Crippen LogP contribution in [0.1, 0.15) is 26.8 Å². The number of anilines is 1. The van der Waals surface area contributed by atoms with E-state index in [2.05, 4.69) is 20.3 Å². The Morgan fingerprint density at radius 1 is 1.04 bits per heavy atom. The largest absolute Gasteiger partial charge is 0.290 e. The lowest BCUT2D eigenvalue weighted by molar-refractivity contribution is 0.102. The Labute approximate surface area is 142 Å². The van der Waals surface area contributed by atoms with Gasteiger partial charge in [-0.3, -0.25) is 10.1 Å². The SMILES string of the molecule is Cc1cc(C)nc(NC(=O)c2sc(-c3ccc(F)cc3)nc2C)n1. The maximum absolute atomic E-state index is 13.0. The summed E-state index contributed by atoms with van der Waals surface area (Å²) in [5.41, 5.74) is 2.95. The molecule has 0 aliphatic heterocycles. The van der Waals surface area contributed by atoms with E-state index in [1.54, 1.807) is 19.1 Å². The highest BCUT2D eigenvalue weighted by Crippen LogP contribution is 2.28. The first-order chi connectivity index (χ1) is 11.4. The highest BCUT2D eigenvalue weighted by molar-refractivity contribution is 7.17. The smallest absolute Gasteiger partial charge is 0.270 e. The number of amides is 1. The molecule has 0 bridgehead atoms. The molecule has 0 radical (unpaired) electrons. The van der Waals surface area contributed by atoms with Crippen molar-refractivity contribution in [2.45, 2.75) is 20.8 Å². The molecule has 0 aliphatic carbocycles. The Hall–Kier alpha value is -2.67. The molecule has 2 heterocycles. The quantitative estimate of drug-likeness (QED) is 0.783. The Bertz CT molecular complexity index is 885. The van der Waals surface area contributed by atoms with E-state index in [4.69, 9.17) is 0 Å². The highest BCUT2D eigenvalue weighted by Gasteiger charge is 2.17. The third-order valence-electron chi connectivity index (χ3n) is 3.30. The van der Waals surface area contributed by atoms with Crippen LogP contribution in [0.4, 0.5) is 10.3 Å². The van der Waals surface area contributed by atoms with Gasteiger partial charge < -0.3 is 0 Å². The zero-order chi connectivity index (χ0) is 17.3. The highest BCUT2D eigenvalue weighted by atomic mass is 32.1. The van der Waals surface area contributed by atoms with Gasteiger partial charge in [0.15, 0.2) is 0 Å². The van der Waals surface area contributed by atoms with Gasteiger partial charge in [-0.05, 0) is 51.1 Å². The van der Waals surface area contributed by atoms with Gasteiger partial charge in [0.1, 0.15) is 15.7 Å². The predicted octanol–water partition coefficient (Wildman–Crippen LogP) is 3.92. The molecular formula is C17H15FN4OS. The molecule has 3 rings (SSSR count). The molecule has 24 heavy (non-hydrogen) atoms. The van der Waals surface area contributed by atoms with E-state index in [-0.39, 0.29) is 17.7 Å². The van der Waals surface area contributed by atoms with Crippen LogP contribution in [0.2, 0.25) is 0 Å². The van der Waals surface area contributed by atoms with Gasteiger partial charge in [-0.1, -0.05) is 0 Å². The molecule has 0 saturated carbocycles. The lowest BCUT2D eigenvalue weighted by atomic mass is 10.2. The second kappa shape index (κ2) is 6.45. The topological polar surface area (TPSA) is 67.8 Å². The molecule has 0 atom stereocenters. The zero-order valence-electron chi connectivity index (χ0n) is 13.4. The molecule has 5 nitrogen and oxygen atoms in total. The molecule has 2 aromatic heterocycles. The summed E-state index contributed by atoms with van der Waals surface area (Å²) in [6.45, 7) is 5.45. The van der Waals surface area contributed by atoms with Crippen molar-refractivity contribution in [1.82, 2.24) is 15.0 Å². The summed E-state index contributed by atoms with van der Waals surface area (Å²) in [6, 6.07) is 7.86. The van der Waals surface area contributed by atoms with Crippen LogP contribution >= 0.6 is 11.3 Å². The van der Waals surface area contributed by atoms with Crippen molar-refractivity contribution in [1.29, 1.82) is 0 Å². The number of aryl methyl sites for hydroxylation is 3. The number of hydrogen-bond acceptors (Lipinski definition) is 5. The summed E-state index contributed by atoms with van der Waals surface area (Å²) >= 11 is 1.25. The van der Waals surface area contributed by atoms with Crippen molar-refractivity contribution in [2.24, 2.45) is 0 Å². The van der Waals surface area contributed by atoms with Crippen LogP contribution in [0, 0.1) is 26.6 Å². The molecule has 1 N–H and O–H groups in total. The second-order valence-corrected chi connectivity index (χ2v) is 6.37. The van der Waals surface area contributed by atoms with E-state index in [1.165, 1.54) is 23.5 Å². The van der Waals surface area contributed by atoms with Crippen molar-refractivity contribution in [2.75, 3.05) is 5.32 Å². The normalized spacial score (nSPS) is 10.7. The molecule has 0 aliphatic rings. The predicted molar refractivity (Wildman–Crippen MR) is 91.7 cm³/mol. The minimum Gasteiger partial charge on any atom is -0.290 e. The number of thiazole rings is 1. The molecule has 3 aromatic rings. The minimum absolute atomic E-state index is 0.272. The minimum atomic E-state index is -0.308. The van der Waals surface area contributed by atoms with Gasteiger partial charge >= 0.3 is 0 Å². The second-order valence-electron chi connectivity index (χ2n) is 5.37. The Morgan fingerprint density at radius 2 is 1.67 bits per heavy atom. The van der Waals surface area contributed by atoms with Crippen molar-refractivity contribution < 1.29 is 9.18 Å². The van der Waals surface area contributed by atoms with E-state index in [1.807, 2.05) is 19.9 Å². The summed E-state index contributed by atoms with van der Waals surface area (Å²) < 4.78 is 13.0. The van der Waals surface area contributed by atoms with E-state index in [9.17, 15) is 9.18 Å². The van der Waals surface area contributed by atoms with Gasteiger partial charge in [0.25, 0.3) is 5.91 Å². The van der Waals surface area contributed by atoms with Crippen molar-refractivity contribution >= 4 is 23.2 Å². The van der Waals surface area contributed by atoms with Gasteiger partial charge in [-0.15, -0.1) is 11.3 Å². The van der Waals surface area contributed by atoms with E-state index in [0.717, 1.165) is 17.0 Å². The van der Waals surface area contributed by atoms with Gasteiger partial charge in [0.2, 0.25) is 5.95 Å². The van der Waals surface area contributed by atoms with Gasteiger partial charge in [0.05, 0.1) is 5.69 Å². The van der Waals surface area contributed by atoms with Gasteiger partial charge in [-0.2, -0.15) is 0 Å². The molecule has 0 saturated heterocycles.